The van der Waals surface area contributed by atoms with E-state index < -0.39 is 0 Å². The Labute approximate surface area is 66.4 Å². The summed E-state index contributed by atoms with van der Waals surface area (Å²) >= 11 is 0. The molecule has 0 aliphatic heterocycles. The van der Waals surface area contributed by atoms with E-state index in [4.69, 9.17) is 4.74 Å². The highest BCUT2D eigenvalue weighted by atomic mass is 28.1. The van der Waals surface area contributed by atoms with E-state index in [0.717, 1.165) is 10.2 Å². The van der Waals surface area contributed by atoms with Crippen molar-refractivity contribution >= 4 is 10.2 Å². The molecule has 0 spiro atoms. The van der Waals surface area contributed by atoms with Crippen LogP contribution in [-0.2, 0) is 4.74 Å². The minimum Gasteiger partial charge on any atom is -0.355 e. The Kier molecular flexibility index (Phi) is 3.51. The van der Waals surface area contributed by atoms with Crippen LogP contribution in [-0.4, -0.2) is 60.8 Å². The number of nitrogens with zero attached hydrogens (tertiary/aromatic N) is 2. The van der Waals surface area contributed by atoms with Gasteiger partial charge in [0, 0.05) is 7.11 Å². The fraction of sp³-hybridized carbons (Fsp3) is 1.00. The zero-order valence-corrected chi connectivity index (χ0v) is 9.80. The quantitative estimate of drug-likeness (QED) is 0.380. The van der Waals surface area contributed by atoms with Gasteiger partial charge in [0.15, 0.2) is 0 Å². The lowest BCUT2D eigenvalue weighted by atomic mass is 10.7. The lowest BCUT2D eigenvalue weighted by Crippen LogP contribution is -2.57. The number of rotatable bonds is 3. The predicted octanol–water partition coefficient (Wildman–Crippen LogP) is -1.27. The van der Waals surface area contributed by atoms with E-state index in [2.05, 4.69) is 9.80 Å². The average molecular weight is 162 g/mol. The molecule has 4 heteroatoms. The molecular weight excluding hydrogens is 144 g/mol. The molecule has 0 heterocycles. The molecule has 0 radical (unpaired) electrons. The SMILES string of the molecule is COC([SiH3])(N(C)C)N(C)C. The average Bonchev–Trinajstić information content (AvgIpc) is 1.85. The van der Waals surface area contributed by atoms with E-state index in [0.29, 0.717) is 0 Å². The standard InChI is InChI=1S/C6H18N2OSi/c1-7(2)6(10,9-5)8(3)4/h1-5,10H3. The van der Waals surface area contributed by atoms with Gasteiger partial charge in [-0.05, 0) is 28.2 Å². The minimum absolute atomic E-state index is 0.153. The molecule has 10 heavy (non-hydrogen) atoms. The van der Waals surface area contributed by atoms with E-state index in [1.165, 1.54) is 0 Å². The normalized spacial score (nSPS) is 13.5. The summed E-state index contributed by atoms with van der Waals surface area (Å²) in [6.45, 7) is 0. The van der Waals surface area contributed by atoms with Crippen molar-refractivity contribution < 1.29 is 4.74 Å². The summed E-state index contributed by atoms with van der Waals surface area (Å²) in [7, 11) is 10.8. The van der Waals surface area contributed by atoms with Gasteiger partial charge in [0.25, 0.3) is 0 Å². The van der Waals surface area contributed by atoms with Crippen molar-refractivity contribution in [3.8, 4) is 0 Å². The van der Waals surface area contributed by atoms with E-state index in [1.807, 2.05) is 28.2 Å². The van der Waals surface area contributed by atoms with Crippen LogP contribution in [0.5, 0.6) is 0 Å². The van der Waals surface area contributed by atoms with Gasteiger partial charge in [0.05, 0.1) is 10.2 Å². The molecule has 0 saturated carbocycles. The highest BCUT2D eigenvalue weighted by Crippen LogP contribution is 2.09. The number of ether oxygens (including phenoxy) is 1. The van der Waals surface area contributed by atoms with Crippen LogP contribution in [0.3, 0.4) is 0 Å². The maximum atomic E-state index is 5.37. The summed E-state index contributed by atoms with van der Waals surface area (Å²) in [6.07, 6.45) is 0. The second-order valence-electron chi connectivity index (χ2n) is 2.93. The number of methoxy groups -OCH3 is 1. The molecule has 3 nitrogen and oxygen atoms in total. The monoisotopic (exact) mass is 162 g/mol. The van der Waals surface area contributed by atoms with Crippen LogP contribution in [0, 0.1) is 0 Å². The highest BCUT2D eigenvalue weighted by Gasteiger charge is 2.27. The largest absolute Gasteiger partial charge is 0.355 e. The van der Waals surface area contributed by atoms with E-state index in [1.54, 1.807) is 7.11 Å². The molecule has 0 aliphatic carbocycles. The molecule has 0 aromatic rings. The summed E-state index contributed by atoms with van der Waals surface area (Å²) in [5.41, 5.74) is -0.153. The number of hydrogen-bond acceptors (Lipinski definition) is 3. The first-order chi connectivity index (χ1) is 4.45. The van der Waals surface area contributed by atoms with Gasteiger partial charge in [-0.25, -0.2) is 0 Å². The third-order valence-corrected chi connectivity index (χ3v) is 4.24. The van der Waals surface area contributed by atoms with Crippen molar-refractivity contribution in [1.82, 2.24) is 9.80 Å². The molecule has 0 saturated heterocycles. The van der Waals surface area contributed by atoms with Gasteiger partial charge in [-0.15, -0.1) is 0 Å². The predicted molar refractivity (Wildman–Crippen MR) is 47.1 cm³/mol. The Morgan fingerprint density at radius 1 is 1.10 bits per heavy atom. The van der Waals surface area contributed by atoms with E-state index in [-0.39, 0.29) is 5.47 Å². The van der Waals surface area contributed by atoms with E-state index in [9.17, 15) is 0 Å². The molecule has 0 aromatic heterocycles. The van der Waals surface area contributed by atoms with Crippen molar-refractivity contribution in [2.75, 3.05) is 35.3 Å². The second kappa shape index (κ2) is 3.48. The maximum Gasteiger partial charge on any atom is 0.149 e. The third kappa shape index (κ3) is 1.79. The summed E-state index contributed by atoms with van der Waals surface area (Å²) in [6, 6.07) is 0. The van der Waals surface area contributed by atoms with Gasteiger partial charge >= 0.3 is 0 Å². The molecule has 0 fully saturated rings. The van der Waals surface area contributed by atoms with Crippen LogP contribution < -0.4 is 0 Å². The van der Waals surface area contributed by atoms with Crippen LogP contribution in [0.1, 0.15) is 0 Å². The molecule has 0 N–H and O–H groups in total. The molecule has 62 valence electrons. The minimum atomic E-state index is -0.153. The van der Waals surface area contributed by atoms with Crippen LogP contribution >= 0.6 is 0 Å². The lowest BCUT2D eigenvalue weighted by Gasteiger charge is -2.40. The molecule has 0 rings (SSSR count). The molecule has 0 aromatic carbocycles. The van der Waals surface area contributed by atoms with Gasteiger partial charge in [-0.1, -0.05) is 0 Å². The van der Waals surface area contributed by atoms with Crippen LogP contribution in [0.15, 0.2) is 0 Å². The fourth-order valence-electron chi connectivity index (χ4n) is 0.765. The van der Waals surface area contributed by atoms with Crippen LogP contribution in [0.4, 0.5) is 0 Å². The van der Waals surface area contributed by atoms with E-state index >= 15 is 0 Å². The first-order valence-corrected chi connectivity index (χ1v) is 4.35. The highest BCUT2D eigenvalue weighted by molar-refractivity contribution is 6.13. The molecule has 0 bridgehead atoms. The first-order valence-electron chi connectivity index (χ1n) is 3.35. The lowest BCUT2D eigenvalue weighted by molar-refractivity contribution is -0.136. The molecule has 0 amide bonds. The molecule has 0 unspecified atom stereocenters. The topological polar surface area (TPSA) is 15.7 Å². The molecule has 0 atom stereocenters. The van der Waals surface area contributed by atoms with Gasteiger partial charge < -0.3 is 4.74 Å². The molecular formula is C6H18N2OSi. The Morgan fingerprint density at radius 2 is 1.40 bits per heavy atom. The van der Waals surface area contributed by atoms with Gasteiger partial charge in [-0.3, -0.25) is 9.80 Å². The van der Waals surface area contributed by atoms with Gasteiger partial charge in [-0.2, -0.15) is 0 Å². The fourth-order valence-corrected chi connectivity index (χ4v) is 0.765. The maximum absolute atomic E-state index is 5.37. The summed E-state index contributed by atoms with van der Waals surface area (Å²) in [5, 5.41) is 0. The van der Waals surface area contributed by atoms with Crippen molar-refractivity contribution in [3.63, 3.8) is 0 Å². The third-order valence-electron chi connectivity index (χ3n) is 2.05. The first kappa shape index (κ1) is 10.1. The van der Waals surface area contributed by atoms with Gasteiger partial charge in [0.1, 0.15) is 5.47 Å². The second-order valence-corrected chi connectivity index (χ2v) is 4.23. The number of hydrogen-bond donors (Lipinski definition) is 0. The smallest absolute Gasteiger partial charge is 0.149 e. The van der Waals surface area contributed by atoms with Crippen molar-refractivity contribution in [2.45, 2.75) is 5.47 Å². The Morgan fingerprint density at radius 3 is 1.40 bits per heavy atom. The summed E-state index contributed by atoms with van der Waals surface area (Å²) in [5.74, 6) is 0. The van der Waals surface area contributed by atoms with Gasteiger partial charge in [0.2, 0.25) is 0 Å². The summed E-state index contributed by atoms with van der Waals surface area (Å²) in [4.78, 5) is 4.17. The summed E-state index contributed by atoms with van der Waals surface area (Å²) < 4.78 is 5.37. The molecule has 0 aliphatic rings. The van der Waals surface area contributed by atoms with Crippen LogP contribution in [0.2, 0.25) is 0 Å². The van der Waals surface area contributed by atoms with Crippen molar-refractivity contribution in [1.29, 1.82) is 0 Å². The zero-order chi connectivity index (χ0) is 8.36. The Balaban J connectivity index is 4.23. The van der Waals surface area contributed by atoms with Crippen molar-refractivity contribution in [2.24, 2.45) is 0 Å². The Hall–Kier alpha value is 0.0969. The van der Waals surface area contributed by atoms with Crippen molar-refractivity contribution in [3.05, 3.63) is 0 Å². The Bertz CT molecular complexity index is 97.9. The van der Waals surface area contributed by atoms with Crippen LogP contribution in [0.25, 0.3) is 0 Å². The zero-order valence-electron chi connectivity index (χ0n) is 7.80.